The van der Waals surface area contributed by atoms with Gasteiger partial charge >= 0.3 is 0 Å². The summed E-state index contributed by atoms with van der Waals surface area (Å²) in [6.45, 7) is -6.67. The molecular weight excluding hydrogens is 1110 g/mol. The molecule has 0 spiro atoms. The first-order valence-electron chi connectivity index (χ1n) is 21.2. The normalized spacial score (nSPS) is 11.9. The minimum atomic E-state index is -3.33. The zero-order chi connectivity index (χ0) is 55.1. The highest BCUT2D eigenvalue weighted by atomic mass is 32.1. The van der Waals surface area contributed by atoms with Crippen LogP contribution in [0.2, 0.25) is 0 Å². The molecule has 0 saturated carbocycles. The van der Waals surface area contributed by atoms with Gasteiger partial charge in [0.05, 0.1) is 23.5 Å². The molecule has 5 nitrogen and oxygen atoms in total. The van der Waals surface area contributed by atoms with Crippen LogP contribution in [0.5, 0.6) is 0 Å². The zero-order valence-corrected chi connectivity index (χ0v) is 38.2. The maximum absolute atomic E-state index is 16.3. The lowest BCUT2D eigenvalue weighted by atomic mass is 9.35. The topological polar surface area (TPSA) is 67.3 Å². The van der Waals surface area contributed by atoms with Crippen LogP contribution in [0.1, 0.15) is 0 Å². The van der Waals surface area contributed by atoms with Crippen molar-refractivity contribution in [3.05, 3.63) is 177 Å². The van der Waals surface area contributed by atoms with Gasteiger partial charge in [-0.15, -0.1) is 0 Å². The SMILES string of the molecule is Fc1c(F)c(F)c(B(c2cc3c(cc2-c2cccc4nsnc24)[nH]c2cc(-c4cccc5nsnc45)c(B(c4c(F)c(F)c(F)c(F)c4F)c4c(F)c(F)c(F)c(F)c4F)cc23)c2c(F)c(F)c(F)c(F)c2F)c(F)c1F. The van der Waals surface area contributed by atoms with Crippen molar-refractivity contribution in [3.8, 4) is 22.3 Å². The van der Waals surface area contributed by atoms with Crippen molar-refractivity contribution in [3.63, 3.8) is 0 Å². The van der Waals surface area contributed by atoms with E-state index in [0.717, 1.165) is 24.3 Å². The molecule has 0 aliphatic rings. The van der Waals surface area contributed by atoms with Crippen molar-refractivity contribution < 1.29 is 87.8 Å². The van der Waals surface area contributed by atoms with Gasteiger partial charge in [-0.1, -0.05) is 47.3 Å². The summed E-state index contributed by atoms with van der Waals surface area (Å²) in [7, 11) is 0. The Labute approximate surface area is 421 Å². The Bertz CT molecular complexity index is 3880. The highest BCUT2D eigenvalue weighted by Crippen LogP contribution is 2.37. The molecule has 29 heteroatoms. The smallest absolute Gasteiger partial charge is 0.257 e. The van der Waals surface area contributed by atoms with Gasteiger partial charge in [-0.05, 0) is 35.4 Å². The average molecular weight is 1120 g/mol. The summed E-state index contributed by atoms with van der Waals surface area (Å²) in [6, 6.07) is 10.5. The Morgan fingerprint density at radius 1 is 0.299 bits per heavy atom. The number of nitrogens with one attached hydrogen (secondary N) is 1. The van der Waals surface area contributed by atoms with Gasteiger partial charge in [0, 0.05) is 54.8 Å². The van der Waals surface area contributed by atoms with Crippen LogP contribution in [0.15, 0.2) is 60.7 Å². The van der Waals surface area contributed by atoms with Gasteiger partial charge in [-0.3, -0.25) is 0 Å². The standard InChI is InChI=1S/C48H11B2F20N5S2/c51-27-23(28(52)36(60)43(67)35(27)59)49(24-29(53)37(61)44(68)38(62)30(24)54)17-7-15-16-8-18(50(25-31(55)39(63)45(69)40(64)32(25)56)26-33(57)41(65)46(70)42(66)34(26)58)14(12-4-2-6-20-48(12)75-77-73-20)10-22(16)71-21(15)9-13(17)11-3-1-5-19-47(11)74-76-72-19/h1-10,71H. The largest absolute Gasteiger partial charge is 0.354 e. The number of halogens is 20. The Balaban J connectivity index is 1.36. The molecule has 8 aromatic carbocycles. The van der Waals surface area contributed by atoms with Crippen LogP contribution in [-0.2, 0) is 0 Å². The molecule has 0 radical (unpaired) electrons. The van der Waals surface area contributed by atoms with Gasteiger partial charge in [-0.2, -0.15) is 17.5 Å². The third-order valence-electron chi connectivity index (χ3n) is 12.8. The van der Waals surface area contributed by atoms with Gasteiger partial charge in [0.1, 0.15) is 22.1 Å². The van der Waals surface area contributed by atoms with Crippen molar-refractivity contribution in [1.29, 1.82) is 0 Å². The molecule has 11 rings (SSSR count). The Hall–Kier alpha value is -8.07. The molecule has 3 heterocycles. The first-order chi connectivity index (χ1) is 36.6. The zero-order valence-electron chi connectivity index (χ0n) is 36.6. The van der Waals surface area contributed by atoms with Crippen LogP contribution < -0.4 is 32.8 Å². The molecule has 0 unspecified atom stereocenters. The second-order valence-electron chi connectivity index (χ2n) is 16.8. The second kappa shape index (κ2) is 18.3. The lowest BCUT2D eigenvalue weighted by molar-refractivity contribution is 0.382. The van der Waals surface area contributed by atoms with Crippen molar-refractivity contribution in [2.24, 2.45) is 0 Å². The van der Waals surface area contributed by atoms with E-state index < -0.39 is 184 Å². The molecule has 0 saturated heterocycles. The number of rotatable bonds is 8. The van der Waals surface area contributed by atoms with Crippen LogP contribution in [0.4, 0.5) is 87.8 Å². The maximum Gasteiger partial charge on any atom is 0.257 e. The number of nitrogens with zero attached hydrogens (tertiary/aromatic N) is 4. The Kier molecular flexibility index (Phi) is 12.1. The molecule has 3 aromatic heterocycles. The van der Waals surface area contributed by atoms with Gasteiger partial charge in [-0.25, -0.2) is 87.8 Å². The minimum Gasteiger partial charge on any atom is -0.354 e. The Morgan fingerprint density at radius 3 is 0.831 bits per heavy atom. The number of H-pyrrole nitrogens is 1. The second-order valence-corrected chi connectivity index (χ2v) is 17.8. The molecule has 0 aliphatic carbocycles. The summed E-state index contributed by atoms with van der Waals surface area (Å²) in [5.41, 5.74) is -14.0. The molecule has 386 valence electrons. The van der Waals surface area contributed by atoms with E-state index in [-0.39, 0.29) is 44.2 Å². The molecule has 0 bridgehead atoms. The van der Waals surface area contributed by atoms with Crippen LogP contribution in [0.25, 0.3) is 66.1 Å². The van der Waals surface area contributed by atoms with Gasteiger partial charge in [0.15, 0.2) is 116 Å². The van der Waals surface area contributed by atoms with Crippen molar-refractivity contribution >= 4 is 114 Å². The highest BCUT2D eigenvalue weighted by Gasteiger charge is 2.45. The van der Waals surface area contributed by atoms with Crippen LogP contribution in [-0.4, -0.2) is 35.9 Å². The summed E-state index contributed by atoms with van der Waals surface area (Å²) in [4.78, 5) is 2.83. The number of aromatic amines is 1. The quantitative estimate of drug-likeness (QED) is 0.0713. The van der Waals surface area contributed by atoms with Crippen LogP contribution >= 0.6 is 23.5 Å². The summed E-state index contributed by atoms with van der Waals surface area (Å²) < 4.78 is 328. The number of hydrogen-bond acceptors (Lipinski definition) is 6. The first kappa shape index (κ1) is 51.1. The molecule has 0 atom stereocenters. The van der Waals surface area contributed by atoms with Crippen LogP contribution in [0, 0.1) is 116 Å². The molecule has 0 amide bonds. The monoisotopic (exact) mass is 1120 g/mol. The summed E-state index contributed by atoms with van der Waals surface area (Å²) >= 11 is 1.05. The Morgan fingerprint density at radius 2 is 0.558 bits per heavy atom. The van der Waals surface area contributed by atoms with E-state index in [2.05, 4.69) is 22.5 Å². The molecule has 1 N–H and O–H groups in total. The van der Waals surface area contributed by atoms with Crippen molar-refractivity contribution in [2.75, 3.05) is 0 Å². The van der Waals surface area contributed by atoms with Gasteiger partial charge < -0.3 is 4.98 Å². The summed E-state index contributed by atoms with van der Waals surface area (Å²) in [6.07, 6.45) is 0. The van der Waals surface area contributed by atoms with E-state index >= 15 is 70.2 Å². The minimum absolute atomic E-state index is 0.00602. The molecule has 0 aliphatic heterocycles. The van der Waals surface area contributed by atoms with E-state index in [1.807, 2.05) is 0 Å². The third-order valence-corrected chi connectivity index (χ3v) is 13.9. The maximum atomic E-state index is 16.3. The number of benzene rings is 8. The van der Waals surface area contributed by atoms with Gasteiger partial charge in [0.25, 0.3) is 13.4 Å². The third kappa shape index (κ3) is 7.39. The predicted octanol–water partition coefficient (Wildman–Crippen LogP) is 10.5. The fourth-order valence-corrected chi connectivity index (χ4v) is 10.5. The summed E-state index contributed by atoms with van der Waals surface area (Å²) in [5.74, 6) is -56.7. The fourth-order valence-electron chi connectivity index (χ4n) is 9.43. The molecule has 77 heavy (non-hydrogen) atoms. The predicted molar refractivity (Wildman–Crippen MR) is 243 cm³/mol. The van der Waals surface area contributed by atoms with E-state index in [1.165, 1.54) is 24.3 Å². The molecule has 0 fully saturated rings. The average Bonchev–Trinajstić information content (AvgIpc) is 4.24. The van der Waals surface area contributed by atoms with Gasteiger partial charge in [0.2, 0.25) is 0 Å². The van der Waals surface area contributed by atoms with Crippen molar-refractivity contribution in [2.45, 2.75) is 0 Å². The number of hydrogen-bond donors (Lipinski definition) is 1. The molecular formula is C48H11B2F20N5S2. The molecule has 11 aromatic rings. The lowest BCUT2D eigenvalue weighted by Gasteiger charge is -2.23. The lowest BCUT2D eigenvalue weighted by Crippen LogP contribution is -2.58. The van der Waals surface area contributed by atoms with E-state index in [1.54, 1.807) is 0 Å². The number of fused-ring (bicyclic) bond motifs is 5. The fraction of sp³-hybridized carbons (Fsp3) is 0. The first-order valence-corrected chi connectivity index (χ1v) is 22.6. The van der Waals surface area contributed by atoms with Crippen LogP contribution in [0.3, 0.4) is 0 Å². The highest BCUT2D eigenvalue weighted by molar-refractivity contribution is 7.00. The van der Waals surface area contributed by atoms with E-state index in [4.69, 9.17) is 0 Å². The van der Waals surface area contributed by atoms with E-state index in [0.29, 0.717) is 35.6 Å². The summed E-state index contributed by atoms with van der Waals surface area (Å²) in [5, 5.41) is -1.20. The number of aromatic nitrogens is 5. The van der Waals surface area contributed by atoms with Crippen molar-refractivity contribution in [1.82, 2.24) is 22.5 Å². The van der Waals surface area contributed by atoms with E-state index in [9.17, 15) is 17.6 Å².